The van der Waals surface area contributed by atoms with Crippen molar-refractivity contribution in [3.63, 3.8) is 0 Å². The van der Waals surface area contributed by atoms with Crippen LogP contribution in [0.1, 0.15) is 94.9 Å². The van der Waals surface area contributed by atoms with Crippen LogP contribution in [-0.4, -0.2) is 72.2 Å². The maximum absolute atomic E-state index is 14.4. The molecule has 294 valence electrons. The third-order valence-electron chi connectivity index (χ3n) is 11.5. The second-order valence-electron chi connectivity index (χ2n) is 17.5. The molecule has 3 aromatic rings. The normalized spacial score (nSPS) is 26.6. The second kappa shape index (κ2) is 15.7. The number of ether oxygens (including phenoxy) is 2. The largest absolute Gasteiger partial charge is 0.497 e. The topological polar surface area (TPSA) is 97.3 Å². The molecule has 10 heteroatoms. The first kappa shape index (κ1) is 41.8. The Morgan fingerprint density at radius 3 is 1.94 bits per heavy atom. The molecule has 8 nitrogen and oxygen atoms in total. The summed E-state index contributed by atoms with van der Waals surface area (Å²) in [6.07, 6.45) is 0.907. The molecule has 1 spiro atoms. The van der Waals surface area contributed by atoms with Crippen LogP contribution in [0.5, 0.6) is 5.75 Å². The fraction of sp³-hybridized carbons (Fsp3) is 0.545. The zero-order chi connectivity index (χ0) is 39.7. The lowest BCUT2D eigenvalue weighted by atomic mass is 9.57. The van der Waals surface area contributed by atoms with E-state index in [9.17, 15) is 14.7 Å². The molecule has 5 unspecified atom stereocenters. The summed E-state index contributed by atoms with van der Waals surface area (Å²) in [5, 5.41) is 17.7. The molecule has 3 fully saturated rings. The second-order valence-corrected chi connectivity index (χ2v) is 23.0. The summed E-state index contributed by atoms with van der Waals surface area (Å²) >= 11 is 1.67. The van der Waals surface area contributed by atoms with Gasteiger partial charge in [0.25, 0.3) is 8.32 Å². The van der Waals surface area contributed by atoms with Crippen molar-refractivity contribution in [3.8, 4) is 5.75 Å². The lowest BCUT2D eigenvalue weighted by molar-refractivity contribution is -0.199. The molecule has 6 rings (SSSR count). The highest BCUT2D eigenvalue weighted by atomic mass is 32.2. The number of fused-ring (bicyclic) bond motifs is 1. The number of hydrogen-bond acceptors (Lipinski definition) is 7. The van der Waals surface area contributed by atoms with Crippen molar-refractivity contribution in [3.05, 3.63) is 84.9 Å². The Morgan fingerprint density at radius 1 is 0.889 bits per heavy atom. The molecule has 54 heavy (non-hydrogen) atoms. The number of methoxy groups -OCH3 is 1. The Balaban J connectivity index is 0.00000276. The smallest absolute Gasteiger partial charge is 0.411 e. The molecule has 3 aromatic carbocycles. The summed E-state index contributed by atoms with van der Waals surface area (Å²) in [5.74, 6) is 0.0182. The van der Waals surface area contributed by atoms with E-state index in [-0.39, 0.29) is 28.7 Å². The maximum Gasteiger partial charge on any atom is 0.411 e. The van der Waals surface area contributed by atoms with Gasteiger partial charge >= 0.3 is 6.09 Å². The van der Waals surface area contributed by atoms with Crippen LogP contribution in [-0.2, 0) is 14.0 Å². The molecule has 1 saturated carbocycles. The van der Waals surface area contributed by atoms with E-state index in [1.165, 1.54) is 10.4 Å². The lowest BCUT2D eigenvalue weighted by Gasteiger charge is -2.62. The van der Waals surface area contributed by atoms with Crippen molar-refractivity contribution in [1.29, 1.82) is 0 Å². The number of benzene rings is 3. The Kier molecular flexibility index (Phi) is 12.1. The highest BCUT2D eigenvalue weighted by molar-refractivity contribution is 8.00. The molecule has 2 saturated heterocycles. The maximum atomic E-state index is 14.4. The highest BCUT2D eigenvalue weighted by Crippen LogP contribution is 2.58. The van der Waals surface area contributed by atoms with E-state index in [0.717, 1.165) is 10.6 Å². The number of carbonyl (C=O) groups excluding carboxylic acids is 2. The van der Waals surface area contributed by atoms with Gasteiger partial charge in [0.2, 0.25) is 5.91 Å². The van der Waals surface area contributed by atoms with Gasteiger partial charge in [-0.2, -0.15) is 0 Å². The van der Waals surface area contributed by atoms with Crippen molar-refractivity contribution in [2.75, 3.05) is 13.7 Å². The summed E-state index contributed by atoms with van der Waals surface area (Å²) in [4.78, 5) is 30.7. The highest BCUT2D eigenvalue weighted by Gasteiger charge is 2.68. The molecule has 5 atom stereocenters. The first-order chi connectivity index (χ1) is 25.4. The van der Waals surface area contributed by atoms with E-state index in [4.69, 9.17) is 13.9 Å². The van der Waals surface area contributed by atoms with Crippen LogP contribution in [0.15, 0.2) is 89.8 Å². The quantitative estimate of drug-likeness (QED) is 0.234. The summed E-state index contributed by atoms with van der Waals surface area (Å²) in [6, 6.07) is 29.3. The van der Waals surface area contributed by atoms with Crippen LogP contribution in [0.3, 0.4) is 0 Å². The van der Waals surface area contributed by atoms with Crippen molar-refractivity contribution in [1.82, 2.24) is 10.2 Å². The van der Waals surface area contributed by atoms with E-state index in [2.05, 4.69) is 88.5 Å². The Morgan fingerprint density at radius 2 is 1.44 bits per heavy atom. The van der Waals surface area contributed by atoms with Gasteiger partial charge in [-0.15, -0.1) is 11.8 Å². The van der Waals surface area contributed by atoms with E-state index < -0.39 is 42.6 Å². The van der Waals surface area contributed by atoms with Gasteiger partial charge in [-0.3, -0.25) is 9.69 Å². The van der Waals surface area contributed by atoms with Gasteiger partial charge < -0.3 is 24.3 Å². The fourth-order valence-corrected chi connectivity index (χ4v) is 15.6. The van der Waals surface area contributed by atoms with Crippen molar-refractivity contribution >= 4 is 42.5 Å². The van der Waals surface area contributed by atoms with E-state index in [1.807, 2.05) is 71.0 Å². The lowest BCUT2D eigenvalue weighted by Crippen LogP contribution is -2.78. The number of piperidine rings is 1. The third kappa shape index (κ3) is 7.73. The minimum atomic E-state index is -3.08. The molecular formula is C44H62N2O6SSi. The molecule has 0 bridgehead atoms. The molecule has 2 aliphatic heterocycles. The van der Waals surface area contributed by atoms with Gasteiger partial charge in [0.05, 0.1) is 13.2 Å². The van der Waals surface area contributed by atoms with Crippen LogP contribution in [0, 0.1) is 11.3 Å². The SMILES string of the molecule is CC.COc1ccc(SC2CC3(O)NC(=O)C4(CCCN4C(=O)OC(C)(C)C)CC3C(C)(C)C2O[Si](c2ccccc2)(c2ccccc2)C(C)(C)C)cc1. The van der Waals surface area contributed by atoms with Crippen molar-refractivity contribution < 1.29 is 28.6 Å². The van der Waals surface area contributed by atoms with Crippen LogP contribution in [0.2, 0.25) is 5.04 Å². The van der Waals surface area contributed by atoms with Crippen LogP contribution < -0.4 is 20.4 Å². The van der Waals surface area contributed by atoms with Crippen LogP contribution in [0.25, 0.3) is 0 Å². The zero-order valence-electron chi connectivity index (χ0n) is 34.2. The number of amides is 2. The predicted octanol–water partition coefficient (Wildman–Crippen LogP) is 8.15. The summed E-state index contributed by atoms with van der Waals surface area (Å²) in [5.41, 5.74) is -4.04. The van der Waals surface area contributed by atoms with E-state index in [0.29, 0.717) is 25.8 Å². The molecular weight excluding hydrogens is 713 g/mol. The molecule has 2 heterocycles. The minimum absolute atomic E-state index is 0.244. The van der Waals surface area contributed by atoms with Crippen LogP contribution >= 0.6 is 11.8 Å². The summed E-state index contributed by atoms with van der Waals surface area (Å²) in [7, 11) is -1.42. The summed E-state index contributed by atoms with van der Waals surface area (Å²) < 4.78 is 19.3. The molecule has 2 amide bonds. The fourth-order valence-electron chi connectivity index (χ4n) is 9.11. The summed E-state index contributed by atoms with van der Waals surface area (Å²) in [6.45, 7) is 21.2. The minimum Gasteiger partial charge on any atom is -0.497 e. The number of thioether (sulfide) groups is 1. The van der Waals surface area contributed by atoms with Gasteiger partial charge in [0.1, 0.15) is 22.6 Å². The first-order valence-electron chi connectivity index (χ1n) is 19.5. The Labute approximate surface area is 328 Å². The molecule has 0 aromatic heterocycles. The van der Waals surface area contributed by atoms with Gasteiger partial charge in [-0.1, -0.05) is 109 Å². The molecule has 2 N–H and O–H groups in total. The van der Waals surface area contributed by atoms with Gasteiger partial charge in [0.15, 0.2) is 0 Å². The first-order valence-corrected chi connectivity index (χ1v) is 22.3. The Bertz CT molecular complexity index is 1700. The number of likely N-dealkylation sites (tertiary alicyclic amines) is 1. The third-order valence-corrected chi connectivity index (χ3v) is 17.8. The standard InChI is InChI=1S/C42H56N2O6SSi.C2H6/c1-38(2,3)49-37(46)44-26-16-25-41(44)28-34-40(7,8)35(33(27-42(34,47)43-36(41)45)51-30-23-21-29(48-9)22-24-30)50-52(39(4,5)6,31-17-12-10-13-18-31)32-19-14-11-15-20-32;1-2/h10-15,17-24,33-35,47H,16,25-28H2,1-9H3,(H,43,45);1-2H3. The number of carbonyl (C=O) groups is 2. The molecule has 3 aliphatic rings. The van der Waals surface area contributed by atoms with E-state index in [1.54, 1.807) is 23.8 Å². The number of nitrogens with one attached hydrogen (secondary N) is 1. The zero-order valence-corrected chi connectivity index (χ0v) is 36.0. The van der Waals surface area contributed by atoms with Crippen molar-refractivity contribution in [2.24, 2.45) is 11.3 Å². The van der Waals surface area contributed by atoms with Crippen molar-refractivity contribution in [2.45, 2.75) is 133 Å². The molecule has 0 radical (unpaired) electrons. The average molecular weight is 775 g/mol. The van der Waals surface area contributed by atoms with Crippen LogP contribution in [0.4, 0.5) is 4.79 Å². The molecule has 1 aliphatic carbocycles. The average Bonchev–Trinajstić information content (AvgIpc) is 3.55. The number of hydrogen-bond donors (Lipinski definition) is 2. The van der Waals surface area contributed by atoms with E-state index >= 15 is 0 Å². The number of nitrogens with zero attached hydrogens (tertiary/aromatic N) is 1. The monoisotopic (exact) mass is 774 g/mol. The van der Waals surface area contributed by atoms with Gasteiger partial charge in [-0.05, 0) is 85.1 Å². The van der Waals surface area contributed by atoms with Gasteiger partial charge in [-0.25, -0.2) is 4.79 Å². The predicted molar refractivity (Wildman–Crippen MR) is 221 cm³/mol. The Hall–Kier alpha value is -3.31. The number of rotatable bonds is 7. The number of aliphatic hydroxyl groups is 1. The van der Waals surface area contributed by atoms with Gasteiger partial charge in [0, 0.05) is 29.0 Å².